The highest BCUT2D eigenvalue weighted by atomic mass is 32.2. The fraction of sp³-hybridized carbons (Fsp3) is 0.250. The number of nitrogens with one attached hydrogen (secondary N) is 1. The van der Waals surface area contributed by atoms with E-state index in [2.05, 4.69) is 15.8 Å². The molecule has 0 saturated heterocycles. The number of amidine groups is 1. The highest BCUT2D eigenvalue weighted by molar-refractivity contribution is 7.90. The lowest BCUT2D eigenvalue weighted by Crippen LogP contribution is -2.31. The quantitative estimate of drug-likeness (QED) is 0.779. The summed E-state index contributed by atoms with van der Waals surface area (Å²) in [5.74, 6) is -0.675. The number of carbonyl (C=O) groups excluding carboxylic acids is 1. The summed E-state index contributed by atoms with van der Waals surface area (Å²) in [6, 6.07) is 14.5. The number of benzene rings is 2. The molecule has 0 bridgehead atoms. The maximum Gasteiger partial charge on any atom is 0.331 e. The minimum Gasteiger partial charge on any atom is -0.459 e. The number of rotatable bonds is 5. The number of hydrogen-bond acceptors (Lipinski definition) is 6. The average Bonchev–Trinajstić information content (AvgIpc) is 2.94. The summed E-state index contributed by atoms with van der Waals surface area (Å²) < 4.78 is 32.2. The second kappa shape index (κ2) is 7.82. The summed E-state index contributed by atoms with van der Waals surface area (Å²) in [6.07, 6.45) is 0. The third kappa shape index (κ3) is 3.89. The van der Waals surface area contributed by atoms with Crippen molar-refractivity contribution in [3.05, 3.63) is 65.2 Å². The van der Waals surface area contributed by atoms with Gasteiger partial charge in [-0.1, -0.05) is 44.2 Å². The normalized spacial score (nSPS) is 16.9. The topological polar surface area (TPSA) is 109 Å². The van der Waals surface area contributed by atoms with Crippen LogP contribution >= 0.6 is 0 Å². The van der Waals surface area contributed by atoms with E-state index in [0.29, 0.717) is 16.7 Å². The van der Waals surface area contributed by atoms with Crippen molar-refractivity contribution in [2.24, 2.45) is 10.9 Å². The van der Waals surface area contributed by atoms with Gasteiger partial charge in [0.1, 0.15) is 12.4 Å². The van der Waals surface area contributed by atoms with Crippen LogP contribution in [0.1, 0.15) is 30.5 Å². The number of nitrogens with zero attached hydrogens (tertiary/aromatic N) is 2. The Hall–Kier alpha value is -3.18. The van der Waals surface area contributed by atoms with Gasteiger partial charge >= 0.3 is 5.97 Å². The van der Waals surface area contributed by atoms with Gasteiger partial charge in [-0.15, -0.1) is 0 Å². The van der Waals surface area contributed by atoms with Gasteiger partial charge in [-0.25, -0.2) is 13.2 Å². The van der Waals surface area contributed by atoms with Gasteiger partial charge in [0.15, 0.2) is 6.04 Å². The number of ether oxygens (including phenoxy) is 1. The molecule has 0 spiro atoms. The van der Waals surface area contributed by atoms with E-state index in [-0.39, 0.29) is 23.3 Å². The molecular weight excluding hydrogens is 378 g/mol. The van der Waals surface area contributed by atoms with Crippen LogP contribution in [0, 0.1) is 17.2 Å². The first-order valence-corrected chi connectivity index (χ1v) is 10.2. The van der Waals surface area contributed by atoms with E-state index in [9.17, 15) is 13.2 Å². The zero-order valence-electron chi connectivity index (χ0n) is 15.4. The molecule has 1 heterocycles. The highest BCUT2D eigenvalue weighted by Gasteiger charge is 2.33. The van der Waals surface area contributed by atoms with E-state index in [1.807, 2.05) is 0 Å². The number of esters is 1. The molecule has 1 atom stereocenters. The largest absolute Gasteiger partial charge is 0.459 e. The molecule has 3 rings (SSSR count). The maximum atomic E-state index is 12.6. The molecule has 0 amide bonds. The van der Waals surface area contributed by atoms with Gasteiger partial charge in [-0.2, -0.15) is 5.26 Å². The monoisotopic (exact) mass is 397 g/mol. The molecule has 28 heavy (non-hydrogen) atoms. The van der Waals surface area contributed by atoms with Crippen molar-refractivity contribution >= 4 is 21.8 Å². The van der Waals surface area contributed by atoms with E-state index in [4.69, 9.17) is 10.00 Å². The second-order valence-electron chi connectivity index (χ2n) is 6.64. The smallest absolute Gasteiger partial charge is 0.331 e. The number of aliphatic imine (C=N–C) groups is 1. The Labute approximate surface area is 163 Å². The zero-order valence-corrected chi connectivity index (χ0v) is 16.2. The van der Waals surface area contributed by atoms with Crippen LogP contribution in [0.15, 0.2) is 58.4 Å². The molecule has 7 nitrogen and oxygen atoms in total. The summed E-state index contributed by atoms with van der Waals surface area (Å²) >= 11 is 0. The molecule has 0 radical (unpaired) electrons. The van der Waals surface area contributed by atoms with Crippen LogP contribution in [0.2, 0.25) is 0 Å². The Morgan fingerprint density at radius 3 is 2.57 bits per heavy atom. The fourth-order valence-electron chi connectivity index (χ4n) is 2.83. The van der Waals surface area contributed by atoms with Crippen molar-refractivity contribution in [3.8, 4) is 6.07 Å². The lowest BCUT2D eigenvalue weighted by atomic mass is 10.0. The summed E-state index contributed by atoms with van der Waals surface area (Å²) in [5, 5.41) is 9.14. The molecule has 0 aromatic heterocycles. The van der Waals surface area contributed by atoms with Gasteiger partial charge in [0.25, 0.3) is 10.0 Å². The van der Waals surface area contributed by atoms with E-state index in [0.717, 1.165) is 0 Å². The number of sulfonamides is 1. The SMILES string of the molecule is CC(C)[C@H](N=C1NS(=O)(=O)c2ccccc21)C(=O)OCc1ccccc1C#N. The number of hydrogen-bond donors (Lipinski definition) is 1. The molecule has 1 aliphatic rings. The van der Waals surface area contributed by atoms with Crippen molar-refractivity contribution < 1.29 is 17.9 Å². The van der Waals surface area contributed by atoms with Gasteiger partial charge in [-0.3, -0.25) is 9.71 Å². The van der Waals surface area contributed by atoms with E-state index >= 15 is 0 Å². The molecule has 2 aromatic carbocycles. The predicted octanol–water partition coefficient (Wildman–Crippen LogP) is 2.36. The van der Waals surface area contributed by atoms with Gasteiger partial charge in [-0.05, 0) is 24.1 Å². The summed E-state index contributed by atoms with van der Waals surface area (Å²) in [7, 11) is -3.69. The third-order valence-corrected chi connectivity index (χ3v) is 5.71. The van der Waals surface area contributed by atoms with Crippen molar-refractivity contribution in [1.82, 2.24) is 4.72 Å². The van der Waals surface area contributed by atoms with Gasteiger partial charge in [0, 0.05) is 11.1 Å². The Bertz CT molecular complexity index is 1080. The van der Waals surface area contributed by atoms with Crippen LogP contribution in [0.4, 0.5) is 0 Å². The molecule has 0 fully saturated rings. The molecular formula is C20H19N3O4S. The first-order valence-electron chi connectivity index (χ1n) is 8.68. The standard InChI is InChI=1S/C20H19N3O4S/c1-13(2)18(20(24)27-12-15-8-4-3-7-14(15)11-21)22-19-16-9-5-6-10-17(16)28(25,26)23-19/h3-10,13,18H,12H2,1-2H3,(H,22,23)/t18-/m0/s1. The van der Waals surface area contributed by atoms with Crippen LogP contribution < -0.4 is 4.72 Å². The third-order valence-electron chi connectivity index (χ3n) is 4.31. The average molecular weight is 397 g/mol. The Kier molecular flexibility index (Phi) is 5.47. The fourth-order valence-corrected chi connectivity index (χ4v) is 4.07. The molecule has 2 aromatic rings. The Balaban J connectivity index is 1.84. The Morgan fingerprint density at radius 1 is 1.18 bits per heavy atom. The number of carbonyl (C=O) groups is 1. The van der Waals surface area contributed by atoms with Crippen molar-refractivity contribution in [2.45, 2.75) is 31.4 Å². The lowest BCUT2D eigenvalue weighted by Gasteiger charge is -2.17. The molecule has 8 heteroatoms. The van der Waals surface area contributed by atoms with E-state index < -0.39 is 22.0 Å². The minimum atomic E-state index is -3.69. The Morgan fingerprint density at radius 2 is 1.86 bits per heavy atom. The molecule has 0 saturated carbocycles. The van der Waals surface area contributed by atoms with Crippen LogP contribution in [0.25, 0.3) is 0 Å². The summed E-state index contributed by atoms with van der Waals surface area (Å²) in [6.45, 7) is 3.54. The summed E-state index contributed by atoms with van der Waals surface area (Å²) in [4.78, 5) is 17.1. The van der Waals surface area contributed by atoms with Gasteiger partial charge in [0.2, 0.25) is 0 Å². The first-order chi connectivity index (χ1) is 13.3. The van der Waals surface area contributed by atoms with E-state index in [1.165, 1.54) is 6.07 Å². The van der Waals surface area contributed by atoms with Crippen molar-refractivity contribution in [3.63, 3.8) is 0 Å². The molecule has 144 valence electrons. The molecule has 0 aliphatic carbocycles. The van der Waals surface area contributed by atoms with Crippen molar-refractivity contribution in [1.29, 1.82) is 5.26 Å². The lowest BCUT2D eigenvalue weighted by molar-refractivity contribution is -0.147. The molecule has 0 unspecified atom stereocenters. The van der Waals surface area contributed by atoms with Crippen molar-refractivity contribution in [2.75, 3.05) is 0 Å². The first kappa shape index (κ1) is 19.6. The molecule has 1 N–H and O–H groups in total. The van der Waals surface area contributed by atoms with Crippen LogP contribution in [0.5, 0.6) is 0 Å². The van der Waals surface area contributed by atoms with Gasteiger partial charge in [0.05, 0.1) is 16.5 Å². The number of nitriles is 1. The van der Waals surface area contributed by atoms with E-state index in [1.54, 1.807) is 56.3 Å². The highest BCUT2D eigenvalue weighted by Crippen LogP contribution is 2.24. The maximum absolute atomic E-state index is 12.6. The zero-order chi connectivity index (χ0) is 20.3. The van der Waals surface area contributed by atoms with Crippen LogP contribution in [0.3, 0.4) is 0 Å². The van der Waals surface area contributed by atoms with Crippen LogP contribution in [-0.2, 0) is 26.2 Å². The second-order valence-corrected chi connectivity index (χ2v) is 8.30. The predicted molar refractivity (Wildman–Crippen MR) is 103 cm³/mol. The molecule has 1 aliphatic heterocycles. The minimum absolute atomic E-state index is 0.0566. The number of fused-ring (bicyclic) bond motifs is 1. The van der Waals surface area contributed by atoms with Crippen LogP contribution in [-0.4, -0.2) is 26.3 Å². The summed E-state index contributed by atoms with van der Waals surface area (Å²) in [5.41, 5.74) is 1.45. The van der Waals surface area contributed by atoms with Gasteiger partial charge < -0.3 is 4.74 Å².